The lowest BCUT2D eigenvalue weighted by atomic mass is 10.6. The third-order valence-electron chi connectivity index (χ3n) is 3.02. The van der Waals surface area contributed by atoms with Gasteiger partial charge in [-0.1, -0.05) is 0 Å². The van der Waals surface area contributed by atoms with Gasteiger partial charge in [-0.3, -0.25) is 43.3 Å². The summed E-state index contributed by atoms with van der Waals surface area (Å²) in [4.78, 5) is 104. The van der Waals surface area contributed by atoms with E-state index in [0.717, 1.165) is 0 Å². The molecule has 0 amide bonds. The highest BCUT2D eigenvalue weighted by molar-refractivity contribution is 7.71. The average molecular weight is 626 g/mol. The second kappa shape index (κ2) is 13.5. The van der Waals surface area contributed by atoms with Crippen molar-refractivity contribution in [2.75, 3.05) is 19.6 Å². The van der Waals surface area contributed by atoms with Crippen molar-refractivity contribution in [1.82, 2.24) is 16.0 Å². The molecule has 0 aromatic heterocycles. The molecule has 0 rings (SSSR count). The van der Waals surface area contributed by atoms with Crippen molar-refractivity contribution in [3.63, 3.8) is 0 Å². The molecule has 0 aromatic rings. The predicted octanol–water partition coefficient (Wildman–Crippen LogP) is -3.51. The Hall–Kier alpha value is 0.780. The van der Waals surface area contributed by atoms with E-state index >= 15 is 0 Å². The first-order valence-electron chi connectivity index (χ1n) is 7.97. The van der Waals surface area contributed by atoms with E-state index in [-0.39, 0.29) is 6.54 Å². The largest absolute Gasteiger partial charge is 0.354 e. The molecule has 0 saturated heterocycles. The molecular formula is C7H26N3O18P6. The van der Waals surface area contributed by atoms with Crippen LogP contribution in [-0.4, -0.2) is 94.9 Å². The van der Waals surface area contributed by atoms with Crippen molar-refractivity contribution >= 4 is 45.6 Å². The minimum atomic E-state index is -5.24. The molecule has 0 aliphatic carbocycles. The molecule has 34 heavy (non-hydrogen) atoms. The van der Waals surface area contributed by atoms with Gasteiger partial charge in [-0.2, -0.15) is 0 Å². The van der Waals surface area contributed by atoms with Gasteiger partial charge in [0.05, 0.1) is 0 Å². The van der Waals surface area contributed by atoms with Crippen LogP contribution in [0.3, 0.4) is 0 Å². The number of hydrogen-bond acceptors (Lipinski definition) is 9. The molecule has 0 atom stereocenters. The zero-order valence-corrected chi connectivity index (χ0v) is 21.9. The molecule has 0 spiro atoms. The van der Waals surface area contributed by atoms with Crippen molar-refractivity contribution in [1.29, 1.82) is 0 Å². The van der Waals surface area contributed by atoms with Crippen molar-refractivity contribution in [2.24, 2.45) is 0 Å². The summed E-state index contributed by atoms with van der Waals surface area (Å²) in [7, 11) is -30.6. The van der Waals surface area contributed by atoms with E-state index in [0.29, 0.717) is 0 Å². The fourth-order valence-corrected chi connectivity index (χ4v) is 8.74. The van der Waals surface area contributed by atoms with Gasteiger partial charge in [-0.25, -0.2) is 0 Å². The van der Waals surface area contributed by atoms with Gasteiger partial charge < -0.3 is 58.7 Å². The fraction of sp³-hybridized carbons (Fsp3) is 0.857. The Morgan fingerprint density at radius 1 is 0.441 bits per heavy atom. The summed E-state index contributed by atoms with van der Waals surface area (Å²) < 4.78 is 64.5. The molecule has 0 unspecified atom stereocenters. The number of nitrogens with one attached hydrogen (secondary N) is 3. The lowest BCUT2D eigenvalue weighted by molar-refractivity contribution is 0.318. The van der Waals surface area contributed by atoms with Crippen molar-refractivity contribution in [3.05, 3.63) is 6.92 Å². The smallest absolute Gasteiger partial charge is 0.323 e. The van der Waals surface area contributed by atoms with Crippen LogP contribution in [0.25, 0.3) is 0 Å². The van der Waals surface area contributed by atoms with Gasteiger partial charge in [0.15, 0.2) is 0 Å². The Morgan fingerprint density at radius 2 is 0.618 bits per heavy atom. The maximum atomic E-state index is 10.9. The van der Waals surface area contributed by atoms with Crippen LogP contribution in [0, 0.1) is 6.92 Å². The molecule has 0 aliphatic heterocycles. The van der Waals surface area contributed by atoms with Gasteiger partial charge in [-0.05, 0) is 13.5 Å². The van der Waals surface area contributed by atoms with Gasteiger partial charge >= 0.3 is 45.6 Å². The van der Waals surface area contributed by atoms with Crippen LogP contribution in [0.2, 0.25) is 0 Å². The van der Waals surface area contributed by atoms with E-state index in [1.165, 1.54) is 0 Å². The molecule has 1 radical (unpaired) electrons. The van der Waals surface area contributed by atoms with Crippen molar-refractivity contribution < 1.29 is 86.1 Å². The molecule has 15 N–H and O–H groups in total. The highest BCUT2D eigenvalue weighted by Crippen LogP contribution is 2.59. The fourth-order valence-electron chi connectivity index (χ4n) is 1.83. The van der Waals surface area contributed by atoms with Gasteiger partial charge in [-0.15, -0.1) is 0 Å². The van der Waals surface area contributed by atoms with E-state index in [4.69, 9.17) is 58.7 Å². The van der Waals surface area contributed by atoms with Crippen LogP contribution in [0.1, 0.15) is 0 Å². The first kappa shape index (κ1) is 36.9. The lowest BCUT2D eigenvalue weighted by Crippen LogP contribution is -2.38. The SMILES string of the molecule is O=P(O)(O)C(NCCNC(P(=O)(O)O)P(=O)(O)O)P(=O)(O)O.[CH2]CNC(P(=O)(O)O)P(=O)(O)O. The van der Waals surface area contributed by atoms with E-state index in [2.05, 4.69) is 6.92 Å². The van der Waals surface area contributed by atoms with Crippen LogP contribution < -0.4 is 16.0 Å². The summed E-state index contributed by atoms with van der Waals surface area (Å²) >= 11 is 0. The summed E-state index contributed by atoms with van der Waals surface area (Å²) in [6.07, 6.45) is 0. The van der Waals surface area contributed by atoms with Crippen molar-refractivity contribution in [3.8, 4) is 0 Å². The molecule has 27 heteroatoms. The molecule has 0 aliphatic rings. The van der Waals surface area contributed by atoms with Crippen LogP contribution in [0.4, 0.5) is 0 Å². The van der Waals surface area contributed by atoms with Gasteiger partial charge in [0.2, 0.25) is 16.6 Å². The normalized spacial score (nSPS) is 14.5. The third-order valence-corrected chi connectivity index (χ3v) is 13.4. The Balaban J connectivity index is 0. The first-order chi connectivity index (χ1) is 14.7. The summed E-state index contributed by atoms with van der Waals surface area (Å²) in [5, 5.41) is 5.45. The quantitative estimate of drug-likeness (QED) is 0.0696. The number of hydrogen-bond donors (Lipinski definition) is 15. The molecule has 0 saturated carbocycles. The summed E-state index contributed by atoms with van der Waals surface area (Å²) in [5.41, 5.74) is -7.25. The maximum absolute atomic E-state index is 10.9. The Kier molecular flexibility index (Phi) is 14.7. The summed E-state index contributed by atoms with van der Waals surface area (Å²) in [6, 6.07) is 0. The highest BCUT2D eigenvalue weighted by Gasteiger charge is 2.45. The minimum absolute atomic E-state index is 0.180. The second-order valence-corrected chi connectivity index (χ2v) is 17.4. The molecule has 207 valence electrons. The van der Waals surface area contributed by atoms with Gasteiger partial charge in [0.1, 0.15) is 0 Å². The Labute approximate surface area is 191 Å². The predicted molar refractivity (Wildman–Crippen MR) is 113 cm³/mol. The third kappa shape index (κ3) is 15.1. The number of rotatable bonds is 13. The summed E-state index contributed by atoms with van der Waals surface area (Å²) in [5.74, 6) is 0. The van der Waals surface area contributed by atoms with Crippen LogP contribution in [0.5, 0.6) is 0 Å². The van der Waals surface area contributed by atoms with Crippen molar-refractivity contribution in [2.45, 2.75) is 16.6 Å². The monoisotopic (exact) mass is 626 g/mol. The molecule has 0 bridgehead atoms. The molecular weight excluding hydrogens is 600 g/mol. The Morgan fingerprint density at radius 3 is 0.735 bits per heavy atom. The molecule has 0 fully saturated rings. The van der Waals surface area contributed by atoms with E-state index in [9.17, 15) is 27.4 Å². The first-order valence-corrected chi connectivity index (χ1v) is 18.1. The van der Waals surface area contributed by atoms with Crippen LogP contribution in [-0.2, 0) is 27.4 Å². The topological polar surface area (TPSA) is 381 Å². The van der Waals surface area contributed by atoms with Crippen LogP contribution in [0.15, 0.2) is 0 Å². The van der Waals surface area contributed by atoms with Crippen LogP contribution >= 0.6 is 45.6 Å². The second-order valence-electron chi connectivity index (χ2n) is 6.02. The standard InChI is InChI=1S/C4H16N2O12P4.C3H10NO6P2/c7-19(8,9)3(20(10,11)12)5-1-2-6-4(21(13,14)15)22(16,17)18;1-2-4-3(11(5,6)7)12(8,9)10/h3-6H,1-2H2,(H2,7,8,9)(H2,10,11,12)(H2,13,14,15)(H2,16,17,18);3-4H,1-2H2,(H2,5,6,7)(H2,8,9,10). The molecule has 21 nitrogen and oxygen atoms in total. The molecule has 0 aromatic carbocycles. The van der Waals surface area contributed by atoms with Gasteiger partial charge in [0.25, 0.3) is 0 Å². The van der Waals surface area contributed by atoms with Gasteiger partial charge in [0, 0.05) is 13.1 Å². The lowest BCUT2D eigenvalue weighted by Gasteiger charge is -2.23. The summed E-state index contributed by atoms with van der Waals surface area (Å²) in [6.45, 7) is 1.66. The zero-order valence-electron chi connectivity index (χ0n) is 16.6. The van der Waals surface area contributed by atoms with E-state index in [1.807, 2.05) is 5.32 Å². The van der Waals surface area contributed by atoms with E-state index in [1.54, 1.807) is 10.6 Å². The maximum Gasteiger partial charge on any atom is 0.354 e. The zero-order chi connectivity index (χ0) is 28.0. The average Bonchev–Trinajstić information content (AvgIpc) is 2.49. The minimum Gasteiger partial charge on any atom is -0.323 e. The van der Waals surface area contributed by atoms with E-state index < -0.39 is 75.2 Å². The highest BCUT2D eigenvalue weighted by atomic mass is 31.2. The Bertz CT molecular complexity index is 804. The molecule has 0 heterocycles.